The summed E-state index contributed by atoms with van der Waals surface area (Å²) in [4.78, 5) is 4.19. The van der Waals surface area contributed by atoms with Crippen molar-refractivity contribution in [3.63, 3.8) is 0 Å². The minimum Gasteiger partial charge on any atom is -0.396 e. The summed E-state index contributed by atoms with van der Waals surface area (Å²) in [5, 5.41) is 7.62. The summed E-state index contributed by atoms with van der Waals surface area (Å²) in [5.74, 6) is 0.721. The number of aryl methyl sites for hydroxylation is 2. The SMILES string of the molecule is CCc1nn(C)cc1CNc1ncccc1N. The van der Waals surface area contributed by atoms with Crippen LogP contribution < -0.4 is 11.1 Å². The van der Waals surface area contributed by atoms with Crippen LogP contribution in [-0.4, -0.2) is 14.8 Å². The van der Waals surface area contributed by atoms with Gasteiger partial charge in [-0.25, -0.2) is 4.98 Å². The molecule has 0 fully saturated rings. The molecule has 0 amide bonds. The molecule has 0 saturated carbocycles. The number of hydrogen-bond donors (Lipinski definition) is 2. The largest absolute Gasteiger partial charge is 0.396 e. The maximum atomic E-state index is 5.81. The predicted molar refractivity (Wildman–Crippen MR) is 68.6 cm³/mol. The molecule has 0 atom stereocenters. The van der Waals surface area contributed by atoms with Gasteiger partial charge in [0, 0.05) is 31.5 Å². The Balaban J connectivity index is 2.09. The Bertz CT molecular complexity index is 503. The lowest BCUT2D eigenvalue weighted by Crippen LogP contribution is -2.05. The third kappa shape index (κ3) is 2.55. The normalized spacial score (nSPS) is 10.5. The fraction of sp³-hybridized carbons (Fsp3) is 0.333. The number of anilines is 2. The van der Waals surface area contributed by atoms with Crippen molar-refractivity contribution in [1.82, 2.24) is 14.8 Å². The first-order valence-electron chi connectivity index (χ1n) is 5.66. The summed E-state index contributed by atoms with van der Waals surface area (Å²) >= 11 is 0. The second-order valence-electron chi connectivity index (χ2n) is 3.92. The van der Waals surface area contributed by atoms with E-state index in [2.05, 4.69) is 22.3 Å². The molecule has 0 radical (unpaired) electrons. The van der Waals surface area contributed by atoms with Crippen LogP contribution in [0.15, 0.2) is 24.5 Å². The molecule has 2 heterocycles. The third-order valence-electron chi connectivity index (χ3n) is 2.61. The average Bonchev–Trinajstić information content (AvgIpc) is 2.69. The molecule has 0 aliphatic carbocycles. The number of rotatable bonds is 4. The monoisotopic (exact) mass is 231 g/mol. The van der Waals surface area contributed by atoms with Crippen LogP contribution in [0.5, 0.6) is 0 Å². The molecule has 0 spiro atoms. The van der Waals surface area contributed by atoms with E-state index in [9.17, 15) is 0 Å². The van der Waals surface area contributed by atoms with Gasteiger partial charge < -0.3 is 11.1 Å². The third-order valence-corrected chi connectivity index (χ3v) is 2.61. The molecule has 5 heteroatoms. The minimum atomic E-state index is 0.662. The molecule has 0 aromatic carbocycles. The Kier molecular flexibility index (Phi) is 3.27. The fourth-order valence-electron chi connectivity index (χ4n) is 1.77. The van der Waals surface area contributed by atoms with Gasteiger partial charge in [0.2, 0.25) is 0 Å². The number of nitrogens with zero attached hydrogens (tertiary/aromatic N) is 3. The van der Waals surface area contributed by atoms with Gasteiger partial charge in [-0.3, -0.25) is 4.68 Å². The minimum absolute atomic E-state index is 0.662. The Morgan fingerprint density at radius 2 is 2.29 bits per heavy atom. The highest BCUT2D eigenvalue weighted by Gasteiger charge is 2.06. The Morgan fingerprint density at radius 1 is 1.47 bits per heavy atom. The molecule has 0 aliphatic heterocycles. The standard InChI is InChI=1S/C12H17N5/c1-3-11-9(8-17(2)16-11)7-15-12-10(13)5-4-6-14-12/h4-6,8H,3,7,13H2,1-2H3,(H,14,15). The van der Waals surface area contributed by atoms with Gasteiger partial charge in [0.25, 0.3) is 0 Å². The van der Waals surface area contributed by atoms with Gasteiger partial charge in [0.15, 0.2) is 0 Å². The maximum Gasteiger partial charge on any atom is 0.149 e. The molecule has 2 aromatic heterocycles. The first-order chi connectivity index (χ1) is 8.20. The van der Waals surface area contributed by atoms with Crippen LogP contribution in [0.2, 0.25) is 0 Å². The van der Waals surface area contributed by atoms with Crippen LogP contribution in [0.1, 0.15) is 18.2 Å². The van der Waals surface area contributed by atoms with Gasteiger partial charge in [0.1, 0.15) is 5.82 Å². The Morgan fingerprint density at radius 3 is 3.00 bits per heavy atom. The quantitative estimate of drug-likeness (QED) is 0.838. The molecule has 0 unspecified atom stereocenters. The van der Waals surface area contributed by atoms with E-state index in [1.165, 1.54) is 5.56 Å². The molecular formula is C12H17N5. The van der Waals surface area contributed by atoms with Gasteiger partial charge in [-0.1, -0.05) is 6.92 Å². The lowest BCUT2D eigenvalue weighted by molar-refractivity contribution is 0.746. The van der Waals surface area contributed by atoms with Gasteiger partial charge in [0.05, 0.1) is 11.4 Å². The summed E-state index contributed by atoms with van der Waals surface area (Å²) in [5.41, 5.74) is 8.76. The van der Waals surface area contributed by atoms with Crippen molar-refractivity contribution in [3.8, 4) is 0 Å². The molecule has 3 N–H and O–H groups in total. The molecule has 2 aromatic rings. The van der Waals surface area contributed by atoms with Crippen LogP contribution in [0.25, 0.3) is 0 Å². The van der Waals surface area contributed by atoms with Crippen LogP contribution in [0.4, 0.5) is 11.5 Å². The van der Waals surface area contributed by atoms with E-state index in [4.69, 9.17) is 5.73 Å². The molecule has 0 saturated heterocycles. The first-order valence-corrected chi connectivity index (χ1v) is 5.66. The molecule has 90 valence electrons. The second-order valence-corrected chi connectivity index (χ2v) is 3.92. The van der Waals surface area contributed by atoms with Crippen LogP contribution in [-0.2, 0) is 20.0 Å². The van der Waals surface area contributed by atoms with Gasteiger partial charge in [-0.15, -0.1) is 0 Å². The van der Waals surface area contributed by atoms with Crippen molar-refractivity contribution >= 4 is 11.5 Å². The summed E-state index contributed by atoms with van der Waals surface area (Å²) < 4.78 is 1.83. The summed E-state index contributed by atoms with van der Waals surface area (Å²) in [6.45, 7) is 2.79. The highest BCUT2D eigenvalue weighted by Crippen LogP contribution is 2.15. The van der Waals surface area contributed by atoms with Crippen molar-refractivity contribution in [1.29, 1.82) is 0 Å². The zero-order valence-corrected chi connectivity index (χ0v) is 10.1. The second kappa shape index (κ2) is 4.86. The molecule has 2 rings (SSSR count). The van der Waals surface area contributed by atoms with E-state index >= 15 is 0 Å². The first kappa shape index (κ1) is 11.4. The van der Waals surface area contributed by atoms with Crippen molar-refractivity contribution in [2.45, 2.75) is 19.9 Å². The summed E-state index contributed by atoms with van der Waals surface area (Å²) in [6, 6.07) is 3.65. The van der Waals surface area contributed by atoms with Crippen molar-refractivity contribution < 1.29 is 0 Å². The number of nitrogen functional groups attached to an aromatic ring is 1. The lowest BCUT2D eigenvalue weighted by Gasteiger charge is -2.07. The lowest BCUT2D eigenvalue weighted by atomic mass is 10.2. The van der Waals surface area contributed by atoms with Gasteiger partial charge in [-0.05, 0) is 18.6 Å². The molecule has 17 heavy (non-hydrogen) atoms. The van der Waals surface area contributed by atoms with E-state index in [1.54, 1.807) is 6.20 Å². The van der Waals surface area contributed by atoms with E-state index in [-0.39, 0.29) is 0 Å². The summed E-state index contributed by atoms with van der Waals surface area (Å²) in [7, 11) is 1.93. The van der Waals surface area contributed by atoms with E-state index in [0.29, 0.717) is 12.2 Å². The van der Waals surface area contributed by atoms with E-state index in [0.717, 1.165) is 17.9 Å². The van der Waals surface area contributed by atoms with Crippen LogP contribution in [0, 0.1) is 0 Å². The van der Waals surface area contributed by atoms with Gasteiger partial charge in [-0.2, -0.15) is 5.10 Å². The topological polar surface area (TPSA) is 68.8 Å². The van der Waals surface area contributed by atoms with Crippen molar-refractivity contribution in [2.24, 2.45) is 7.05 Å². The number of hydrogen-bond acceptors (Lipinski definition) is 4. The van der Waals surface area contributed by atoms with Crippen LogP contribution >= 0.6 is 0 Å². The summed E-state index contributed by atoms with van der Waals surface area (Å²) in [6.07, 6.45) is 4.67. The number of aromatic nitrogens is 3. The highest BCUT2D eigenvalue weighted by atomic mass is 15.3. The Hall–Kier alpha value is -2.04. The van der Waals surface area contributed by atoms with Crippen LogP contribution in [0.3, 0.4) is 0 Å². The predicted octanol–water partition coefficient (Wildman–Crippen LogP) is 1.57. The van der Waals surface area contributed by atoms with E-state index in [1.807, 2.05) is 30.1 Å². The Labute approximate surface area is 101 Å². The number of nitrogens with two attached hydrogens (primary N) is 1. The maximum absolute atomic E-state index is 5.81. The highest BCUT2D eigenvalue weighted by molar-refractivity contribution is 5.60. The van der Waals surface area contributed by atoms with Crippen molar-refractivity contribution in [2.75, 3.05) is 11.1 Å². The molecule has 0 bridgehead atoms. The van der Waals surface area contributed by atoms with Crippen molar-refractivity contribution in [3.05, 3.63) is 35.8 Å². The fourth-order valence-corrected chi connectivity index (χ4v) is 1.77. The number of pyridine rings is 1. The molecule has 0 aliphatic rings. The van der Waals surface area contributed by atoms with E-state index < -0.39 is 0 Å². The molecular weight excluding hydrogens is 214 g/mol. The molecule has 5 nitrogen and oxygen atoms in total. The zero-order valence-electron chi connectivity index (χ0n) is 10.1. The van der Waals surface area contributed by atoms with Gasteiger partial charge >= 0.3 is 0 Å². The smallest absolute Gasteiger partial charge is 0.149 e. The number of nitrogens with one attached hydrogen (secondary N) is 1. The zero-order chi connectivity index (χ0) is 12.3. The average molecular weight is 231 g/mol.